The van der Waals surface area contributed by atoms with Crippen molar-refractivity contribution in [3.63, 3.8) is 0 Å². The van der Waals surface area contributed by atoms with Gasteiger partial charge in [-0.3, -0.25) is 0 Å². The van der Waals surface area contributed by atoms with E-state index in [4.69, 9.17) is 9.84 Å². The van der Waals surface area contributed by atoms with Crippen molar-refractivity contribution < 1.29 is 9.84 Å². The molecule has 2 bridgehead atoms. The Bertz CT molecular complexity index is 177. The molecule has 0 aliphatic heterocycles. The van der Waals surface area contributed by atoms with Gasteiger partial charge in [0.05, 0.1) is 0 Å². The van der Waals surface area contributed by atoms with Gasteiger partial charge >= 0.3 is 0 Å². The van der Waals surface area contributed by atoms with E-state index < -0.39 is 0 Å². The fourth-order valence-corrected chi connectivity index (χ4v) is 2.53. The summed E-state index contributed by atoms with van der Waals surface area (Å²) in [5, 5.41) is 8.44. The van der Waals surface area contributed by atoms with Gasteiger partial charge in [-0.05, 0) is 37.0 Å². The monoisotopic (exact) mass is 168 g/mol. The third kappa shape index (κ3) is 1.54. The Morgan fingerprint density at radius 1 is 1.33 bits per heavy atom. The molecule has 2 aliphatic rings. The highest BCUT2D eigenvalue weighted by molar-refractivity contribution is 5.09. The Morgan fingerprint density at radius 3 is 2.83 bits per heavy atom. The lowest BCUT2D eigenvalue weighted by atomic mass is 9.91. The van der Waals surface area contributed by atoms with Crippen LogP contribution in [0.2, 0.25) is 0 Å². The SMILES string of the molecule is OCOCCC1CC2C=CC1C2. The minimum Gasteiger partial charge on any atom is -0.371 e. The Kier molecular flexibility index (Phi) is 2.47. The van der Waals surface area contributed by atoms with Crippen LogP contribution in [-0.4, -0.2) is 18.5 Å². The Labute approximate surface area is 73.2 Å². The molecule has 0 aromatic heterocycles. The molecule has 0 saturated heterocycles. The van der Waals surface area contributed by atoms with Crippen LogP contribution in [0.1, 0.15) is 19.3 Å². The molecule has 1 N–H and O–H groups in total. The number of ether oxygens (including phenoxy) is 1. The van der Waals surface area contributed by atoms with Gasteiger partial charge in [-0.25, -0.2) is 0 Å². The Balaban J connectivity index is 1.73. The number of fused-ring (bicyclic) bond motifs is 2. The van der Waals surface area contributed by atoms with Crippen LogP contribution in [0.25, 0.3) is 0 Å². The van der Waals surface area contributed by atoms with Crippen molar-refractivity contribution in [2.75, 3.05) is 13.4 Å². The summed E-state index contributed by atoms with van der Waals surface area (Å²) in [5.41, 5.74) is 0. The van der Waals surface area contributed by atoms with E-state index in [1.807, 2.05) is 0 Å². The largest absolute Gasteiger partial charge is 0.371 e. The van der Waals surface area contributed by atoms with Crippen molar-refractivity contribution >= 4 is 0 Å². The predicted molar refractivity (Wildman–Crippen MR) is 46.5 cm³/mol. The first-order chi connectivity index (χ1) is 5.90. The van der Waals surface area contributed by atoms with Crippen LogP contribution in [0.15, 0.2) is 12.2 Å². The first kappa shape index (κ1) is 8.27. The fourth-order valence-electron chi connectivity index (χ4n) is 2.53. The van der Waals surface area contributed by atoms with Gasteiger partial charge in [0.15, 0.2) is 0 Å². The summed E-state index contributed by atoms with van der Waals surface area (Å²) in [4.78, 5) is 0. The van der Waals surface area contributed by atoms with Crippen molar-refractivity contribution in [2.24, 2.45) is 17.8 Å². The second kappa shape index (κ2) is 3.58. The lowest BCUT2D eigenvalue weighted by Crippen LogP contribution is -2.10. The normalized spacial score (nSPS) is 37.9. The maximum absolute atomic E-state index is 8.44. The summed E-state index contributed by atoms with van der Waals surface area (Å²) in [6.45, 7) is 0.592. The maximum atomic E-state index is 8.44. The molecule has 2 aliphatic carbocycles. The average molecular weight is 168 g/mol. The van der Waals surface area contributed by atoms with Crippen LogP contribution in [0.5, 0.6) is 0 Å². The fraction of sp³-hybridized carbons (Fsp3) is 0.800. The highest BCUT2D eigenvalue weighted by atomic mass is 16.6. The van der Waals surface area contributed by atoms with Gasteiger partial charge in [0.1, 0.15) is 6.79 Å². The molecular formula is C10H16O2. The molecule has 2 nitrogen and oxygen atoms in total. The molecule has 0 aromatic carbocycles. The van der Waals surface area contributed by atoms with Gasteiger partial charge in [0, 0.05) is 6.61 Å². The number of aliphatic hydroxyl groups excluding tert-OH is 1. The summed E-state index contributed by atoms with van der Waals surface area (Å²) in [6.07, 6.45) is 8.54. The highest BCUT2D eigenvalue weighted by Gasteiger charge is 2.34. The molecule has 68 valence electrons. The van der Waals surface area contributed by atoms with E-state index in [9.17, 15) is 0 Å². The van der Waals surface area contributed by atoms with E-state index in [0.717, 1.165) is 30.8 Å². The van der Waals surface area contributed by atoms with Crippen molar-refractivity contribution in [3.05, 3.63) is 12.2 Å². The summed E-state index contributed by atoms with van der Waals surface area (Å²) in [7, 11) is 0. The van der Waals surface area contributed by atoms with Crippen LogP contribution in [0.3, 0.4) is 0 Å². The molecule has 0 amide bonds. The quantitative estimate of drug-likeness (QED) is 0.392. The topological polar surface area (TPSA) is 29.5 Å². The van der Waals surface area contributed by atoms with Gasteiger partial charge in [0.25, 0.3) is 0 Å². The number of allylic oxidation sites excluding steroid dienone is 2. The average Bonchev–Trinajstić information content (AvgIpc) is 2.65. The first-order valence-electron chi connectivity index (χ1n) is 4.77. The molecule has 0 radical (unpaired) electrons. The highest BCUT2D eigenvalue weighted by Crippen LogP contribution is 2.44. The smallest absolute Gasteiger partial charge is 0.143 e. The zero-order chi connectivity index (χ0) is 8.39. The van der Waals surface area contributed by atoms with Crippen molar-refractivity contribution in [2.45, 2.75) is 19.3 Å². The maximum Gasteiger partial charge on any atom is 0.143 e. The molecular weight excluding hydrogens is 152 g/mol. The van der Waals surface area contributed by atoms with Gasteiger partial charge in [-0.1, -0.05) is 12.2 Å². The van der Waals surface area contributed by atoms with Gasteiger partial charge < -0.3 is 9.84 Å². The van der Waals surface area contributed by atoms with Gasteiger partial charge in [-0.15, -0.1) is 0 Å². The molecule has 0 heterocycles. The van der Waals surface area contributed by atoms with Crippen molar-refractivity contribution in [1.29, 1.82) is 0 Å². The van der Waals surface area contributed by atoms with E-state index in [0.29, 0.717) is 0 Å². The summed E-state index contributed by atoms with van der Waals surface area (Å²) in [5.74, 6) is 2.50. The zero-order valence-electron chi connectivity index (χ0n) is 7.28. The first-order valence-corrected chi connectivity index (χ1v) is 4.77. The molecule has 12 heavy (non-hydrogen) atoms. The van der Waals surface area contributed by atoms with Crippen LogP contribution in [0, 0.1) is 17.8 Å². The zero-order valence-corrected chi connectivity index (χ0v) is 7.28. The number of aliphatic hydroxyl groups is 1. The van der Waals surface area contributed by atoms with Gasteiger partial charge in [0.2, 0.25) is 0 Å². The Morgan fingerprint density at radius 2 is 2.25 bits per heavy atom. The summed E-state index contributed by atoms with van der Waals surface area (Å²) in [6, 6.07) is 0. The minimum absolute atomic E-state index is 0.128. The second-order valence-corrected chi connectivity index (χ2v) is 3.87. The predicted octanol–water partition coefficient (Wildman–Crippen LogP) is 1.56. The second-order valence-electron chi connectivity index (χ2n) is 3.87. The van der Waals surface area contributed by atoms with Crippen molar-refractivity contribution in [1.82, 2.24) is 0 Å². The summed E-state index contributed by atoms with van der Waals surface area (Å²) < 4.78 is 4.93. The summed E-state index contributed by atoms with van der Waals surface area (Å²) >= 11 is 0. The molecule has 1 fully saturated rings. The number of hydrogen-bond acceptors (Lipinski definition) is 2. The lowest BCUT2D eigenvalue weighted by molar-refractivity contribution is -0.00757. The lowest BCUT2D eigenvalue weighted by Gasteiger charge is -2.17. The molecule has 3 unspecified atom stereocenters. The van der Waals surface area contributed by atoms with E-state index in [-0.39, 0.29) is 6.79 Å². The van der Waals surface area contributed by atoms with Crippen LogP contribution < -0.4 is 0 Å². The molecule has 0 aromatic rings. The third-order valence-electron chi connectivity index (χ3n) is 3.14. The minimum atomic E-state index is -0.128. The Hall–Kier alpha value is -0.340. The standard InChI is InChI=1S/C10H16O2/c11-7-12-4-3-10-6-8-1-2-9(10)5-8/h1-2,8-11H,3-7H2. The van der Waals surface area contributed by atoms with Crippen LogP contribution in [-0.2, 0) is 4.74 Å². The number of hydrogen-bond donors (Lipinski definition) is 1. The van der Waals surface area contributed by atoms with Gasteiger partial charge in [-0.2, -0.15) is 0 Å². The van der Waals surface area contributed by atoms with E-state index in [2.05, 4.69) is 12.2 Å². The van der Waals surface area contributed by atoms with E-state index in [1.54, 1.807) is 0 Å². The van der Waals surface area contributed by atoms with E-state index >= 15 is 0 Å². The van der Waals surface area contributed by atoms with Crippen LogP contribution in [0.4, 0.5) is 0 Å². The molecule has 1 saturated carbocycles. The number of rotatable bonds is 4. The molecule has 2 heteroatoms. The van der Waals surface area contributed by atoms with E-state index in [1.165, 1.54) is 12.8 Å². The third-order valence-corrected chi connectivity index (χ3v) is 3.14. The molecule has 2 rings (SSSR count). The molecule has 0 spiro atoms. The van der Waals surface area contributed by atoms with Crippen LogP contribution >= 0.6 is 0 Å². The molecule has 3 atom stereocenters. The van der Waals surface area contributed by atoms with Crippen molar-refractivity contribution in [3.8, 4) is 0 Å².